The van der Waals surface area contributed by atoms with Gasteiger partial charge in [0.25, 0.3) is 5.91 Å². The molecule has 4 bridgehead atoms. The minimum absolute atomic E-state index is 0.359. The zero-order valence-electron chi connectivity index (χ0n) is 15.1. The predicted octanol–water partition coefficient (Wildman–Crippen LogP) is 4.19. The minimum Gasteiger partial charge on any atom is -0.452 e. The number of rotatable bonds is 4. The van der Waals surface area contributed by atoms with E-state index in [1.165, 1.54) is 0 Å². The van der Waals surface area contributed by atoms with Gasteiger partial charge in [0, 0.05) is 15.7 Å². The van der Waals surface area contributed by atoms with E-state index < -0.39 is 23.0 Å². The molecular weight excluding hydrogens is 389 g/mol. The first-order valence-corrected chi connectivity index (χ1v) is 10.1. The molecule has 3 unspecified atom stereocenters. The monoisotopic (exact) mass is 411 g/mol. The molecule has 0 saturated heterocycles. The molecule has 146 valence electrons. The maximum Gasteiger partial charge on any atom is 0.312 e. The Bertz CT molecular complexity index is 762. The second-order valence-corrected chi connectivity index (χ2v) is 9.53. The standard InChI is InChI=1S/C20H23Cl2NO4/c1-11(17(24)23-16-4-14(21)3-15(22)5-16)27-18(25)19-6-12-2-13(7-19)9-20(26,8-12)10-19/h3-5,11-13,26H,2,6-10H2,1H3,(H,23,24). The Morgan fingerprint density at radius 1 is 1.15 bits per heavy atom. The number of esters is 1. The van der Waals surface area contributed by atoms with E-state index in [2.05, 4.69) is 5.32 Å². The highest BCUT2D eigenvalue weighted by Gasteiger charge is 2.61. The van der Waals surface area contributed by atoms with Crippen LogP contribution in [0.2, 0.25) is 10.0 Å². The molecule has 0 heterocycles. The van der Waals surface area contributed by atoms with Gasteiger partial charge in [0.2, 0.25) is 0 Å². The summed E-state index contributed by atoms with van der Waals surface area (Å²) >= 11 is 11.9. The average molecular weight is 412 g/mol. The molecule has 27 heavy (non-hydrogen) atoms. The van der Waals surface area contributed by atoms with Gasteiger partial charge in [-0.2, -0.15) is 0 Å². The lowest BCUT2D eigenvalue weighted by Crippen LogP contribution is -2.59. The second kappa shape index (κ2) is 6.64. The van der Waals surface area contributed by atoms with Crippen LogP contribution in [0.1, 0.15) is 45.4 Å². The maximum atomic E-state index is 13.0. The summed E-state index contributed by atoms with van der Waals surface area (Å²) in [6.07, 6.45) is 3.66. The molecule has 0 spiro atoms. The van der Waals surface area contributed by atoms with E-state index in [1.54, 1.807) is 25.1 Å². The molecule has 4 saturated carbocycles. The van der Waals surface area contributed by atoms with Gasteiger partial charge < -0.3 is 15.2 Å². The Labute approximate surface area is 168 Å². The van der Waals surface area contributed by atoms with Gasteiger partial charge in [-0.05, 0) is 75.5 Å². The Morgan fingerprint density at radius 3 is 2.30 bits per heavy atom. The molecule has 0 aliphatic heterocycles. The van der Waals surface area contributed by atoms with Gasteiger partial charge in [0.05, 0.1) is 11.0 Å². The number of carbonyl (C=O) groups excluding carboxylic acids is 2. The van der Waals surface area contributed by atoms with Crippen LogP contribution in [0, 0.1) is 17.3 Å². The Hall–Kier alpha value is -1.30. The number of hydrogen-bond donors (Lipinski definition) is 2. The number of nitrogens with one attached hydrogen (secondary N) is 1. The fraction of sp³-hybridized carbons (Fsp3) is 0.600. The molecule has 4 aliphatic carbocycles. The lowest BCUT2D eigenvalue weighted by Gasteiger charge is -2.58. The first-order valence-electron chi connectivity index (χ1n) is 9.37. The number of amides is 1. The van der Waals surface area contributed by atoms with Gasteiger partial charge in [0.15, 0.2) is 6.10 Å². The van der Waals surface area contributed by atoms with Crippen LogP contribution in [0.3, 0.4) is 0 Å². The summed E-state index contributed by atoms with van der Waals surface area (Å²) in [5.74, 6) is -0.0463. The van der Waals surface area contributed by atoms with Gasteiger partial charge in [-0.3, -0.25) is 9.59 Å². The van der Waals surface area contributed by atoms with Crippen LogP contribution in [-0.4, -0.2) is 28.7 Å². The molecule has 4 fully saturated rings. The molecule has 1 aromatic carbocycles. The van der Waals surface area contributed by atoms with E-state index in [9.17, 15) is 14.7 Å². The van der Waals surface area contributed by atoms with Crippen LogP contribution in [-0.2, 0) is 14.3 Å². The Kier molecular flexibility index (Phi) is 4.68. The maximum absolute atomic E-state index is 13.0. The molecule has 0 radical (unpaired) electrons. The summed E-state index contributed by atoms with van der Waals surface area (Å²) < 4.78 is 5.55. The number of ether oxygens (including phenoxy) is 1. The number of benzene rings is 1. The van der Waals surface area contributed by atoms with Crippen molar-refractivity contribution in [1.82, 2.24) is 0 Å². The van der Waals surface area contributed by atoms with Crippen molar-refractivity contribution in [3.63, 3.8) is 0 Å². The molecule has 1 aromatic rings. The third-order valence-corrected chi connectivity index (χ3v) is 6.68. The molecule has 0 aromatic heterocycles. The van der Waals surface area contributed by atoms with Crippen LogP contribution in [0.5, 0.6) is 0 Å². The molecule has 2 N–H and O–H groups in total. The van der Waals surface area contributed by atoms with Crippen LogP contribution in [0.25, 0.3) is 0 Å². The third kappa shape index (κ3) is 3.69. The van der Waals surface area contributed by atoms with Crippen LogP contribution >= 0.6 is 23.2 Å². The zero-order valence-corrected chi connectivity index (χ0v) is 16.6. The number of anilines is 1. The quantitative estimate of drug-likeness (QED) is 0.727. The van der Waals surface area contributed by atoms with Gasteiger partial charge in [-0.25, -0.2) is 0 Å². The van der Waals surface area contributed by atoms with Crippen LogP contribution in [0.15, 0.2) is 18.2 Å². The van der Waals surface area contributed by atoms with E-state index in [-0.39, 0.29) is 5.97 Å². The largest absolute Gasteiger partial charge is 0.452 e. The van der Waals surface area contributed by atoms with Crippen molar-refractivity contribution in [3.8, 4) is 0 Å². The highest BCUT2D eigenvalue weighted by Crippen LogP contribution is 2.62. The van der Waals surface area contributed by atoms with Crippen LogP contribution < -0.4 is 5.32 Å². The summed E-state index contributed by atoms with van der Waals surface area (Å²) in [6.45, 7) is 1.55. The van der Waals surface area contributed by atoms with Crippen molar-refractivity contribution < 1.29 is 19.4 Å². The Morgan fingerprint density at radius 2 is 1.74 bits per heavy atom. The molecule has 3 atom stereocenters. The summed E-state index contributed by atoms with van der Waals surface area (Å²) in [4.78, 5) is 25.4. The predicted molar refractivity (Wildman–Crippen MR) is 103 cm³/mol. The van der Waals surface area contributed by atoms with E-state index >= 15 is 0 Å². The molecule has 1 amide bonds. The molecule has 5 rings (SSSR count). The Balaban J connectivity index is 1.42. The molecule has 4 aliphatic rings. The summed E-state index contributed by atoms with van der Waals surface area (Å²) in [7, 11) is 0. The number of hydrogen-bond acceptors (Lipinski definition) is 4. The molecule has 7 heteroatoms. The van der Waals surface area contributed by atoms with Crippen molar-refractivity contribution >= 4 is 40.8 Å². The van der Waals surface area contributed by atoms with Crippen molar-refractivity contribution in [2.45, 2.75) is 57.2 Å². The van der Waals surface area contributed by atoms with Crippen molar-refractivity contribution in [3.05, 3.63) is 28.2 Å². The topological polar surface area (TPSA) is 75.6 Å². The molecule has 5 nitrogen and oxygen atoms in total. The van der Waals surface area contributed by atoms with E-state index in [1.807, 2.05) is 0 Å². The van der Waals surface area contributed by atoms with E-state index in [0.717, 1.165) is 32.1 Å². The van der Waals surface area contributed by atoms with Gasteiger partial charge in [0.1, 0.15) is 0 Å². The zero-order chi connectivity index (χ0) is 19.4. The minimum atomic E-state index is -0.946. The van der Waals surface area contributed by atoms with Crippen molar-refractivity contribution in [2.24, 2.45) is 17.3 Å². The summed E-state index contributed by atoms with van der Waals surface area (Å²) in [6, 6.07) is 4.73. The van der Waals surface area contributed by atoms with Gasteiger partial charge in [-0.15, -0.1) is 0 Å². The van der Waals surface area contributed by atoms with E-state index in [0.29, 0.717) is 34.0 Å². The summed E-state index contributed by atoms with van der Waals surface area (Å²) in [5, 5.41) is 14.3. The van der Waals surface area contributed by atoms with Gasteiger partial charge in [-0.1, -0.05) is 23.2 Å². The SMILES string of the molecule is CC(OC(=O)C12CC3CC(CC(O)(C3)C1)C2)C(=O)Nc1cc(Cl)cc(Cl)c1. The average Bonchev–Trinajstić information content (AvgIpc) is 2.51. The molecular formula is C20H23Cl2NO4. The summed E-state index contributed by atoms with van der Waals surface area (Å²) in [5.41, 5.74) is -0.941. The number of aliphatic hydroxyl groups is 1. The normalized spacial score (nSPS) is 35.0. The second-order valence-electron chi connectivity index (χ2n) is 8.66. The fourth-order valence-corrected chi connectivity index (χ4v) is 6.19. The van der Waals surface area contributed by atoms with Gasteiger partial charge >= 0.3 is 5.97 Å². The fourth-order valence-electron chi connectivity index (χ4n) is 5.66. The first-order chi connectivity index (χ1) is 12.7. The van der Waals surface area contributed by atoms with Crippen molar-refractivity contribution in [2.75, 3.05) is 5.32 Å². The lowest BCUT2D eigenvalue weighted by molar-refractivity contribution is -0.199. The third-order valence-electron chi connectivity index (χ3n) is 6.25. The first kappa shape index (κ1) is 19.0. The smallest absolute Gasteiger partial charge is 0.312 e. The highest BCUT2D eigenvalue weighted by molar-refractivity contribution is 6.35. The van der Waals surface area contributed by atoms with E-state index in [4.69, 9.17) is 27.9 Å². The highest BCUT2D eigenvalue weighted by atomic mass is 35.5. The number of carbonyl (C=O) groups is 2. The number of halogens is 2. The lowest BCUT2D eigenvalue weighted by atomic mass is 9.48. The van der Waals surface area contributed by atoms with Crippen molar-refractivity contribution in [1.29, 1.82) is 0 Å². The van der Waals surface area contributed by atoms with Crippen LogP contribution in [0.4, 0.5) is 5.69 Å².